The van der Waals surface area contributed by atoms with E-state index in [-0.39, 0.29) is 0 Å². The van der Waals surface area contributed by atoms with E-state index in [0.717, 1.165) is 12.8 Å². The van der Waals surface area contributed by atoms with E-state index >= 15 is 0 Å². The Morgan fingerprint density at radius 1 is 1.39 bits per heavy atom. The molecule has 1 aromatic carbocycles. The number of hydrogen-bond acceptors (Lipinski definition) is 2. The molecule has 2 nitrogen and oxygen atoms in total. The van der Waals surface area contributed by atoms with Crippen molar-refractivity contribution in [3.8, 4) is 0 Å². The molecule has 0 aliphatic heterocycles. The maximum Gasteiger partial charge on any atom is 0.0743 e. The second-order valence-electron chi connectivity index (χ2n) is 5.77. The van der Waals surface area contributed by atoms with E-state index in [9.17, 15) is 5.11 Å². The highest BCUT2D eigenvalue weighted by Crippen LogP contribution is 2.29. The van der Waals surface area contributed by atoms with Gasteiger partial charge in [-0.25, -0.2) is 0 Å². The molecule has 100 valence electrons. The van der Waals surface area contributed by atoms with Gasteiger partial charge in [0.1, 0.15) is 0 Å². The highest BCUT2D eigenvalue weighted by molar-refractivity contribution is 5.32. The molecule has 1 aliphatic carbocycles. The van der Waals surface area contributed by atoms with Crippen molar-refractivity contribution in [2.24, 2.45) is 0 Å². The molecule has 0 heterocycles. The molecular formula is C16H25NO. The Morgan fingerprint density at radius 3 is 2.94 bits per heavy atom. The van der Waals surface area contributed by atoms with Gasteiger partial charge < -0.3 is 10.4 Å². The monoisotopic (exact) mass is 247 g/mol. The molecule has 18 heavy (non-hydrogen) atoms. The van der Waals surface area contributed by atoms with Crippen molar-refractivity contribution in [2.45, 2.75) is 57.6 Å². The van der Waals surface area contributed by atoms with Gasteiger partial charge in [0.2, 0.25) is 0 Å². The lowest BCUT2D eigenvalue weighted by atomic mass is 9.87. The van der Waals surface area contributed by atoms with Gasteiger partial charge in [-0.3, -0.25) is 0 Å². The van der Waals surface area contributed by atoms with Crippen LogP contribution in [0.25, 0.3) is 0 Å². The van der Waals surface area contributed by atoms with Gasteiger partial charge in [0.15, 0.2) is 0 Å². The van der Waals surface area contributed by atoms with Gasteiger partial charge in [-0.05, 0) is 43.7 Å². The van der Waals surface area contributed by atoms with Crippen molar-refractivity contribution in [3.05, 3.63) is 35.4 Å². The van der Waals surface area contributed by atoms with Gasteiger partial charge in [0.25, 0.3) is 0 Å². The van der Waals surface area contributed by atoms with Crippen LogP contribution in [0, 0.1) is 0 Å². The topological polar surface area (TPSA) is 32.3 Å². The van der Waals surface area contributed by atoms with Gasteiger partial charge in [0.05, 0.1) is 5.60 Å². The highest BCUT2D eigenvalue weighted by atomic mass is 16.3. The average Bonchev–Trinajstić information content (AvgIpc) is 2.36. The second kappa shape index (κ2) is 5.85. The summed E-state index contributed by atoms with van der Waals surface area (Å²) in [7, 11) is 0. The third-order valence-electron chi connectivity index (χ3n) is 3.89. The predicted molar refractivity (Wildman–Crippen MR) is 75.7 cm³/mol. The molecule has 0 saturated carbocycles. The minimum Gasteiger partial charge on any atom is -0.389 e. The third kappa shape index (κ3) is 3.33. The summed E-state index contributed by atoms with van der Waals surface area (Å²) in [5, 5.41) is 13.8. The molecule has 1 aromatic rings. The zero-order chi connectivity index (χ0) is 13.0. The molecular weight excluding hydrogens is 222 g/mol. The first-order valence-corrected chi connectivity index (χ1v) is 7.16. The van der Waals surface area contributed by atoms with Crippen molar-refractivity contribution >= 4 is 0 Å². The quantitative estimate of drug-likeness (QED) is 0.837. The molecule has 0 bridgehead atoms. The molecule has 2 unspecified atom stereocenters. The number of rotatable bonds is 5. The molecule has 2 atom stereocenters. The zero-order valence-corrected chi connectivity index (χ0v) is 11.6. The van der Waals surface area contributed by atoms with Crippen molar-refractivity contribution in [1.29, 1.82) is 0 Å². The SMILES string of the molecule is CCCC(C)(O)CNC1CCCc2ccccc21. The Labute approximate surface area is 110 Å². The smallest absolute Gasteiger partial charge is 0.0743 e. The van der Waals surface area contributed by atoms with Crippen molar-refractivity contribution in [1.82, 2.24) is 5.32 Å². The van der Waals surface area contributed by atoms with E-state index in [4.69, 9.17) is 0 Å². The molecule has 1 aliphatic rings. The molecule has 0 saturated heterocycles. The number of aliphatic hydroxyl groups is 1. The molecule has 2 rings (SSSR count). The molecule has 0 fully saturated rings. The second-order valence-corrected chi connectivity index (χ2v) is 5.77. The molecule has 0 amide bonds. The molecule has 2 heteroatoms. The summed E-state index contributed by atoms with van der Waals surface area (Å²) < 4.78 is 0. The summed E-state index contributed by atoms with van der Waals surface area (Å²) in [5.74, 6) is 0. The molecule has 2 N–H and O–H groups in total. The Kier molecular flexibility index (Phi) is 4.41. The van der Waals surface area contributed by atoms with Crippen LogP contribution >= 0.6 is 0 Å². The van der Waals surface area contributed by atoms with Crippen LogP contribution in [0.5, 0.6) is 0 Å². The van der Waals surface area contributed by atoms with Crippen molar-refractivity contribution in [2.75, 3.05) is 6.54 Å². The number of benzene rings is 1. The Balaban J connectivity index is 1.99. The van der Waals surface area contributed by atoms with Crippen LogP contribution < -0.4 is 5.32 Å². The van der Waals surface area contributed by atoms with Gasteiger partial charge in [-0.15, -0.1) is 0 Å². The number of nitrogens with one attached hydrogen (secondary N) is 1. The fourth-order valence-electron chi connectivity index (χ4n) is 2.94. The van der Waals surface area contributed by atoms with E-state index in [0.29, 0.717) is 12.6 Å². The van der Waals surface area contributed by atoms with Crippen molar-refractivity contribution in [3.63, 3.8) is 0 Å². The lowest BCUT2D eigenvalue weighted by Crippen LogP contribution is -2.40. The molecule has 0 aromatic heterocycles. The van der Waals surface area contributed by atoms with E-state index in [1.165, 1.54) is 30.4 Å². The van der Waals surface area contributed by atoms with E-state index in [1.807, 2.05) is 6.92 Å². The number of hydrogen-bond donors (Lipinski definition) is 2. The van der Waals surface area contributed by atoms with Crippen LogP contribution in [-0.4, -0.2) is 17.3 Å². The summed E-state index contributed by atoms with van der Waals surface area (Å²) >= 11 is 0. The van der Waals surface area contributed by atoms with Gasteiger partial charge in [-0.1, -0.05) is 37.6 Å². The summed E-state index contributed by atoms with van der Waals surface area (Å²) in [6.45, 7) is 4.72. The summed E-state index contributed by atoms with van der Waals surface area (Å²) in [6, 6.07) is 9.10. The van der Waals surface area contributed by atoms with E-state index in [2.05, 4.69) is 36.5 Å². The Hall–Kier alpha value is -0.860. The average molecular weight is 247 g/mol. The van der Waals surface area contributed by atoms with E-state index in [1.54, 1.807) is 0 Å². The maximum absolute atomic E-state index is 10.2. The van der Waals surface area contributed by atoms with Crippen LogP contribution in [0.3, 0.4) is 0 Å². The number of fused-ring (bicyclic) bond motifs is 1. The van der Waals surface area contributed by atoms with Gasteiger partial charge >= 0.3 is 0 Å². The fraction of sp³-hybridized carbons (Fsp3) is 0.625. The first kappa shape index (κ1) is 13.6. The first-order valence-electron chi connectivity index (χ1n) is 7.16. The largest absolute Gasteiger partial charge is 0.389 e. The van der Waals surface area contributed by atoms with Crippen LogP contribution in [0.4, 0.5) is 0 Å². The Bertz CT molecular complexity index is 386. The zero-order valence-electron chi connectivity index (χ0n) is 11.6. The first-order chi connectivity index (χ1) is 8.62. The minimum atomic E-state index is -0.582. The lowest BCUT2D eigenvalue weighted by molar-refractivity contribution is 0.0465. The third-order valence-corrected chi connectivity index (χ3v) is 3.89. The summed E-state index contributed by atoms with van der Waals surface area (Å²) in [6.07, 6.45) is 5.49. The maximum atomic E-state index is 10.2. The number of aryl methyl sites for hydroxylation is 1. The predicted octanol–water partition coefficient (Wildman–Crippen LogP) is 3.20. The Morgan fingerprint density at radius 2 is 2.17 bits per heavy atom. The molecule has 0 radical (unpaired) electrons. The lowest BCUT2D eigenvalue weighted by Gasteiger charge is -2.30. The van der Waals surface area contributed by atoms with E-state index < -0.39 is 5.60 Å². The fourth-order valence-corrected chi connectivity index (χ4v) is 2.94. The highest BCUT2D eigenvalue weighted by Gasteiger charge is 2.24. The molecule has 0 spiro atoms. The van der Waals surface area contributed by atoms with Gasteiger partial charge in [0, 0.05) is 12.6 Å². The normalized spacial score (nSPS) is 22.3. The van der Waals surface area contributed by atoms with Crippen LogP contribution in [0.1, 0.15) is 56.7 Å². The minimum absolute atomic E-state index is 0.415. The van der Waals surface area contributed by atoms with Crippen LogP contribution in [0.2, 0.25) is 0 Å². The van der Waals surface area contributed by atoms with Gasteiger partial charge in [-0.2, -0.15) is 0 Å². The van der Waals surface area contributed by atoms with Crippen LogP contribution in [-0.2, 0) is 6.42 Å². The van der Waals surface area contributed by atoms with Crippen LogP contribution in [0.15, 0.2) is 24.3 Å². The summed E-state index contributed by atoms with van der Waals surface area (Å²) in [5.41, 5.74) is 2.31. The summed E-state index contributed by atoms with van der Waals surface area (Å²) in [4.78, 5) is 0. The van der Waals surface area contributed by atoms with Crippen molar-refractivity contribution < 1.29 is 5.11 Å². The standard InChI is InChI=1S/C16H25NO/c1-3-11-16(2,18)12-17-15-10-6-8-13-7-4-5-9-14(13)15/h4-5,7,9,15,17-18H,3,6,8,10-12H2,1-2H3.